The summed E-state index contributed by atoms with van der Waals surface area (Å²) in [6.07, 6.45) is 1.71. The van der Waals surface area contributed by atoms with Crippen molar-refractivity contribution in [3.8, 4) is 0 Å². The Morgan fingerprint density at radius 3 is 3.00 bits per heavy atom. The zero-order valence-electron chi connectivity index (χ0n) is 9.15. The summed E-state index contributed by atoms with van der Waals surface area (Å²) in [5.41, 5.74) is 0. The number of aromatic nitrogens is 2. The standard InChI is InChI=1S/C9H16N4OS/c1-7(6-14-3)11-9(15)12-8-4-5-10-13(8)2/h4-5,7H,6H2,1-3H3,(H2,11,12,15). The van der Waals surface area contributed by atoms with Gasteiger partial charge in [0.25, 0.3) is 0 Å². The first-order valence-electron chi connectivity index (χ1n) is 4.68. The molecule has 0 spiro atoms. The highest BCUT2D eigenvalue weighted by Crippen LogP contribution is 2.02. The topological polar surface area (TPSA) is 51.1 Å². The zero-order chi connectivity index (χ0) is 11.3. The third kappa shape index (κ3) is 3.85. The van der Waals surface area contributed by atoms with Gasteiger partial charge in [0.1, 0.15) is 5.82 Å². The number of anilines is 1. The highest BCUT2D eigenvalue weighted by molar-refractivity contribution is 7.80. The van der Waals surface area contributed by atoms with Crippen molar-refractivity contribution in [2.24, 2.45) is 7.05 Å². The Bertz CT molecular complexity index is 326. The van der Waals surface area contributed by atoms with Crippen LogP contribution in [0, 0.1) is 0 Å². The lowest BCUT2D eigenvalue weighted by Gasteiger charge is -2.15. The quantitative estimate of drug-likeness (QED) is 0.745. The van der Waals surface area contributed by atoms with Crippen LogP contribution in [0.4, 0.5) is 5.82 Å². The number of hydrogen-bond acceptors (Lipinski definition) is 3. The van der Waals surface area contributed by atoms with Gasteiger partial charge in [-0.25, -0.2) is 0 Å². The normalized spacial score (nSPS) is 12.2. The molecule has 1 heterocycles. The molecule has 0 aromatic carbocycles. The molecular formula is C9H16N4OS. The van der Waals surface area contributed by atoms with E-state index in [1.807, 2.05) is 20.0 Å². The van der Waals surface area contributed by atoms with Gasteiger partial charge in [0, 0.05) is 26.3 Å². The molecule has 15 heavy (non-hydrogen) atoms. The molecule has 0 amide bonds. The average Bonchev–Trinajstić information content (AvgIpc) is 2.52. The zero-order valence-corrected chi connectivity index (χ0v) is 9.97. The van der Waals surface area contributed by atoms with Gasteiger partial charge in [-0.2, -0.15) is 5.10 Å². The Morgan fingerprint density at radius 1 is 1.73 bits per heavy atom. The maximum Gasteiger partial charge on any atom is 0.172 e. The first kappa shape index (κ1) is 11.9. The lowest BCUT2D eigenvalue weighted by molar-refractivity contribution is 0.179. The van der Waals surface area contributed by atoms with Crippen LogP contribution in [0.25, 0.3) is 0 Å². The van der Waals surface area contributed by atoms with Gasteiger partial charge in [-0.05, 0) is 19.1 Å². The first-order valence-corrected chi connectivity index (χ1v) is 5.08. The second-order valence-corrected chi connectivity index (χ2v) is 3.70. The van der Waals surface area contributed by atoms with E-state index in [4.69, 9.17) is 17.0 Å². The monoisotopic (exact) mass is 228 g/mol. The first-order chi connectivity index (χ1) is 7.13. The van der Waals surface area contributed by atoms with Crippen molar-refractivity contribution in [1.82, 2.24) is 15.1 Å². The van der Waals surface area contributed by atoms with Crippen molar-refractivity contribution in [3.63, 3.8) is 0 Å². The van der Waals surface area contributed by atoms with E-state index in [1.54, 1.807) is 18.0 Å². The Balaban J connectivity index is 2.40. The van der Waals surface area contributed by atoms with Gasteiger partial charge < -0.3 is 15.4 Å². The number of methoxy groups -OCH3 is 1. The molecule has 1 aromatic rings. The SMILES string of the molecule is COCC(C)NC(=S)Nc1ccnn1C. The van der Waals surface area contributed by atoms with Gasteiger partial charge in [0.2, 0.25) is 0 Å². The van der Waals surface area contributed by atoms with Crippen molar-refractivity contribution in [2.75, 3.05) is 19.0 Å². The van der Waals surface area contributed by atoms with Gasteiger partial charge in [0.15, 0.2) is 5.11 Å². The molecule has 84 valence electrons. The molecule has 1 rings (SSSR count). The van der Waals surface area contributed by atoms with Crippen molar-refractivity contribution >= 4 is 23.1 Å². The Kier molecular flexibility index (Phi) is 4.51. The van der Waals surface area contributed by atoms with Crippen LogP contribution < -0.4 is 10.6 Å². The molecule has 2 N–H and O–H groups in total. The summed E-state index contributed by atoms with van der Waals surface area (Å²) in [5.74, 6) is 0.858. The van der Waals surface area contributed by atoms with Crippen molar-refractivity contribution in [1.29, 1.82) is 0 Å². The number of nitrogens with one attached hydrogen (secondary N) is 2. The molecule has 0 aliphatic rings. The van der Waals surface area contributed by atoms with E-state index in [9.17, 15) is 0 Å². The van der Waals surface area contributed by atoms with Gasteiger partial charge in [0.05, 0.1) is 12.8 Å². The maximum atomic E-state index is 5.13. The van der Waals surface area contributed by atoms with Crippen LogP contribution in [0.2, 0.25) is 0 Å². The van der Waals surface area contributed by atoms with Crippen LogP contribution in [-0.2, 0) is 11.8 Å². The number of rotatable bonds is 4. The predicted molar refractivity (Wildman–Crippen MR) is 63.9 cm³/mol. The molecule has 0 bridgehead atoms. The number of aryl methyl sites for hydroxylation is 1. The van der Waals surface area contributed by atoms with E-state index in [0.29, 0.717) is 11.7 Å². The fourth-order valence-electron chi connectivity index (χ4n) is 1.16. The second-order valence-electron chi connectivity index (χ2n) is 3.29. The third-order valence-corrected chi connectivity index (χ3v) is 2.08. The summed E-state index contributed by atoms with van der Waals surface area (Å²) in [6.45, 7) is 2.62. The van der Waals surface area contributed by atoms with E-state index in [-0.39, 0.29) is 6.04 Å². The van der Waals surface area contributed by atoms with Gasteiger partial charge in [-0.15, -0.1) is 0 Å². The maximum absolute atomic E-state index is 5.13. The highest BCUT2D eigenvalue weighted by Gasteiger charge is 2.05. The summed E-state index contributed by atoms with van der Waals surface area (Å²) in [7, 11) is 3.51. The Labute approximate surface area is 94.8 Å². The Hall–Kier alpha value is -1.14. The molecular weight excluding hydrogens is 212 g/mol. The molecule has 5 nitrogen and oxygen atoms in total. The van der Waals surface area contributed by atoms with E-state index in [2.05, 4.69) is 15.7 Å². The van der Waals surface area contributed by atoms with Crippen LogP contribution in [0.5, 0.6) is 0 Å². The predicted octanol–water partition coefficient (Wildman–Crippen LogP) is 0.741. The molecule has 0 fully saturated rings. The summed E-state index contributed by atoms with van der Waals surface area (Å²) in [4.78, 5) is 0. The summed E-state index contributed by atoms with van der Waals surface area (Å²) in [5, 5.41) is 10.7. The average molecular weight is 228 g/mol. The van der Waals surface area contributed by atoms with Crippen molar-refractivity contribution < 1.29 is 4.74 Å². The lowest BCUT2D eigenvalue weighted by atomic mass is 10.4. The van der Waals surface area contributed by atoms with Crippen molar-refractivity contribution in [2.45, 2.75) is 13.0 Å². The molecule has 0 aliphatic heterocycles. The van der Waals surface area contributed by atoms with E-state index < -0.39 is 0 Å². The highest BCUT2D eigenvalue weighted by atomic mass is 32.1. The van der Waals surface area contributed by atoms with Crippen LogP contribution in [0.15, 0.2) is 12.3 Å². The smallest absolute Gasteiger partial charge is 0.172 e. The summed E-state index contributed by atoms with van der Waals surface area (Å²) in [6, 6.07) is 2.04. The minimum absolute atomic E-state index is 0.184. The molecule has 1 aromatic heterocycles. The van der Waals surface area contributed by atoms with E-state index >= 15 is 0 Å². The molecule has 1 atom stereocenters. The van der Waals surface area contributed by atoms with Crippen LogP contribution in [-0.4, -0.2) is 34.7 Å². The van der Waals surface area contributed by atoms with E-state index in [1.165, 1.54) is 0 Å². The third-order valence-electron chi connectivity index (χ3n) is 1.86. The molecule has 0 saturated carbocycles. The minimum Gasteiger partial charge on any atom is -0.383 e. The van der Waals surface area contributed by atoms with Crippen molar-refractivity contribution in [3.05, 3.63) is 12.3 Å². The number of thiocarbonyl (C=S) groups is 1. The van der Waals surface area contributed by atoms with Gasteiger partial charge >= 0.3 is 0 Å². The van der Waals surface area contributed by atoms with Gasteiger partial charge in [-0.3, -0.25) is 4.68 Å². The van der Waals surface area contributed by atoms with Crippen LogP contribution in [0.1, 0.15) is 6.92 Å². The molecule has 1 unspecified atom stereocenters. The van der Waals surface area contributed by atoms with Crippen LogP contribution >= 0.6 is 12.2 Å². The molecule has 6 heteroatoms. The number of ether oxygens (including phenoxy) is 1. The summed E-state index contributed by atoms with van der Waals surface area (Å²) < 4.78 is 6.71. The molecule has 0 radical (unpaired) electrons. The van der Waals surface area contributed by atoms with Crippen LogP contribution in [0.3, 0.4) is 0 Å². The fraction of sp³-hybridized carbons (Fsp3) is 0.556. The summed E-state index contributed by atoms with van der Waals surface area (Å²) >= 11 is 5.13. The number of nitrogens with zero attached hydrogens (tertiary/aromatic N) is 2. The molecule has 0 aliphatic carbocycles. The second kappa shape index (κ2) is 5.67. The minimum atomic E-state index is 0.184. The van der Waals surface area contributed by atoms with Gasteiger partial charge in [-0.1, -0.05) is 0 Å². The lowest BCUT2D eigenvalue weighted by Crippen LogP contribution is -2.38. The Morgan fingerprint density at radius 2 is 2.47 bits per heavy atom. The molecule has 0 saturated heterocycles. The largest absolute Gasteiger partial charge is 0.383 e. The van der Waals surface area contributed by atoms with E-state index in [0.717, 1.165) is 5.82 Å². The fourth-order valence-corrected chi connectivity index (χ4v) is 1.47. The number of hydrogen-bond donors (Lipinski definition) is 2.